The molecule has 0 saturated carbocycles. The maximum absolute atomic E-state index is 10.5. The summed E-state index contributed by atoms with van der Waals surface area (Å²) in [7, 11) is 0. The standard InChI is InChI=1S/C9H8NO4/c1-6-5-13-8-3-2-7(10(11)12)4-9(8)14-6/h2-4,6H,1,5H2. The first kappa shape index (κ1) is 8.80. The van der Waals surface area contributed by atoms with Crippen LogP contribution < -0.4 is 9.47 Å². The first-order chi connectivity index (χ1) is 6.66. The van der Waals surface area contributed by atoms with Crippen LogP contribution in [0.3, 0.4) is 0 Å². The van der Waals surface area contributed by atoms with Gasteiger partial charge in [0.1, 0.15) is 12.7 Å². The Hall–Kier alpha value is -1.78. The summed E-state index contributed by atoms with van der Waals surface area (Å²) in [4.78, 5) is 9.99. The van der Waals surface area contributed by atoms with Gasteiger partial charge in [-0.1, -0.05) is 0 Å². The van der Waals surface area contributed by atoms with E-state index in [-0.39, 0.29) is 11.8 Å². The minimum atomic E-state index is -0.476. The van der Waals surface area contributed by atoms with Crippen molar-refractivity contribution in [3.8, 4) is 11.5 Å². The molecule has 5 heteroatoms. The smallest absolute Gasteiger partial charge is 0.273 e. The van der Waals surface area contributed by atoms with Crippen molar-refractivity contribution in [3.63, 3.8) is 0 Å². The lowest BCUT2D eigenvalue weighted by Crippen LogP contribution is -2.25. The van der Waals surface area contributed by atoms with E-state index in [1.807, 2.05) is 0 Å². The minimum absolute atomic E-state index is 0.0125. The second-order valence-corrected chi connectivity index (χ2v) is 2.94. The zero-order valence-electron chi connectivity index (χ0n) is 7.30. The molecule has 1 aromatic carbocycles. The number of rotatable bonds is 1. The van der Waals surface area contributed by atoms with Crippen molar-refractivity contribution >= 4 is 5.69 Å². The van der Waals surface area contributed by atoms with Crippen LogP contribution in [-0.2, 0) is 0 Å². The third-order valence-corrected chi connectivity index (χ3v) is 1.86. The molecule has 1 aromatic rings. The Morgan fingerprint density at radius 2 is 2.29 bits per heavy atom. The van der Waals surface area contributed by atoms with Crippen LogP contribution in [0, 0.1) is 17.0 Å². The molecule has 0 N–H and O–H groups in total. The minimum Gasteiger partial charge on any atom is -0.486 e. The van der Waals surface area contributed by atoms with Gasteiger partial charge in [0.15, 0.2) is 11.5 Å². The molecule has 1 radical (unpaired) electrons. The summed E-state index contributed by atoms with van der Waals surface area (Å²) < 4.78 is 10.5. The quantitative estimate of drug-likeness (QED) is 0.502. The molecule has 5 nitrogen and oxygen atoms in total. The normalized spacial score (nSPS) is 19.1. The van der Waals surface area contributed by atoms with Crippen LogP contribution >= 0.6 is 0 Å². The molecule has 1 unspecified atom stereocenters. The molecule has 2 rings (SSSR count). The van der Waals surface area contributed by atoms with Crippen LogP contribution in [0.15, 0.2) is 18.2 Å². The molecule has 0 spiro atoms. The summed E-state index contributed by atoms with van der Waals surface area (Å²) in [6.45, 7) is 4.02. The van der Waals surface area contributed by atoms with Crippen molar-refractivity contribution in [1.29, 1.82) is 0 Å². The molecule has 1 aliphatic heterocycles. The van der Waals surface area contributed by atoms with E-state index in [1.54, 1.807) is 0 Å². The first-order valence-corrected chi connectivity index (χ1v) is 4.08. The average molecular weight is 194 g/mol. The summed E-state index contributed by atoms with van der Waals surface area (Å²) in [5.41, 5.74) is -0.0125. The van der Waals surface area contributed by atoms with Gasteiger partial charge in [-0.2, -0.15) is 0 Å². The molecule has 0 amide bonds. The highest BCUT2D eigenvalue weighted by molar-refractivity contribution is 5.49. The third kappa shape index (κ3) is 1.48. The van der Waals surface area contributed by atoms with Gasteiger partial charge in [0.2, 0.25) is 0 Å². The van der Waals surface area contributed by atoms with Gasteiger partial charge in [0.25, 0.3) is 5.69 Å². The second kappa shape index (κ2) is 3.17. The molecule has 1 atom stereocenters. The maximum atomic E-state index is 10.5. The van der Waals surface area contributed by atoms with E-state index in [4.69, 9.17) is 9.47 Å². The number of nitro groups is 1. The van der Waals surface area contributed by atoms with Gasteiger partial charge < -0.3 is 9.47 Å². The molecule has 0 aliphatic carbocycles. The summed E-state index contributed by atoms with van der Waals surface area (Å²) >= 11 is 0. The molecular weight excluding hydrogens is 186 g/mol. The fourth-order valence-corrected chi connectivity index (χ4v) is 1.22. The molecule has 0 aromatic heterocycles. The number of hydrogen-bond donors (Lipinski definition) is 0. The number of ether oxygens (including phenoxy) is 2. The third-order valence-electron chi connectivity index (χ3n) is 1.86. The van der Waals surface area contributed by atoms with Gasteiger partial charge in [-0.15, -0.1) is 0 Å². The Labute approximate surface area is 80.4 Å². The van der Waals surface area contributed by atoms with Crippen molar-refractivity contribution < 1.29 is 14.4 Å². The number of hydrogen-bond acceptors (Lipinski definition) is 4. The zero-order chi connectivity index (χ0) is 10.1. The van der Waals surface area contributed by atoms with Crippen molar-refractivity contribution in [2.45, 2.75) is 6.10 Å². The van der Waals surface area contributed by atoms with Crippen molar-refractivity contribution in [2.75, 3.05) is 6.61 Å². The van der Waals surface area contributed by atoms with E-state index in [0.717, 1.165) is 0 Å². The van der Waals surface area contributed by atoms with Crippen LogP contribution in [0.1, 0.15) is 0 Å². The number of benzene rings is 1. The van der Waals surface area contributed by atoms with Crippen LogP contribution in [-0.4, -0.2) is 17.6 Å². The highest BCUT2D eigenvalue weighted by Gasteiger charge is 2.20. The molecule has 1 aliphatic rings. The highest BCUT2D eigenvalue weighted by atomic mass is 16.6. The number of fused-ring (bicyclic) bond motifs is 1. The lowest BCUT2D eigenvalue weighted by Gasteiger charge is -2.23. The molecular formula is C9H8NO4. The van der Waals surface area contributed by atoms with E-state index in [1.165, 1.54) is 18.2 Å². The maximum Gasteiger partial charge on any atom is 0.273 e. The van der Waals surface area contributed by atoms with Gasteiger partial charge in [-0.3, -0.25) is 10.1 Å². The Morgan fingerprint density at radius 3 is 3.00 bits per heavy atom. The van der Waals surface area contributed by atoms with Crippen molar-refractivity contribution in [3.05, 3.63) is 35.2 Å². The van der Waals surface area contributed by atoms with Crippen LogP contribution in [0.2, 0.25) is 0 Å². The molecule has 0 fully saturated rings. The SMILES string of the molecule is [CH2]C1COc2ccc([N+](=O)[O-])cc2O1. The Balaban J connectivity index is 2.37. The van der Waals surface area contributed by atoms with E-state index >= 15 is 0 Å². The average Bonchev–Trinajstić information content (AvgIpc) is 2.16. The van der Waals surface area contributed by atoms with E-state index < -0.39 is 4.92 Å². The predicted octanol–water partition coefficient (Wildman–Crippen LogP) is 1.57. The summed E-state index contributed by atoms with van der Waals surface area (Å²) in [5, 5.41) is 10.5. The lowest BCUT2D eigenvalue weighted by atomic mass is 10.2. The van der Waals surface area contributed by atoms with Gasteiger partial charge in [0, 0.05) is 6.07 Å². The first-order valence-electron chi connectivity index (χ1n) is 4.08. The van der Waals surface area contributed by atoms with Crippen LogP contribution in [0.4, 0.5) is 5.69 Å². The van der Waals surface area contributed by atoms with Gasteiger partial charge in [-0.05, 0) is 13.0 Å². The van der Waals surface area contributed by atoms with E-state index in [9.17, 15) is 10.1 Å². The fourth-order valence-electron chi connectivity index (χ4n) is 1.22. The van der Waals surface area contributed by atoms with Crippen molar-refractivity contribution in [1.82, 2.24) is 0 Å². The Bertz CT molecular complexity index is 377. The van der Waals surface area contributed by atoms with Gasteiger partial charge >= 0.3 is 0 Å². The summed E-state index contributed by atoms with van der Waals surface area (Å²) in [6, 6.07) is 4.25. The monoisotopic (exact) mass is 194 g/mol. The van der Waals surface area contributed by atoms with E-state index in [0.29, 0.717) is 18.1 Å². The van der Waals surface area contributed by atoms with Gasteiger partial charge in [0.05, 0.1) is 11.0 Å². The molecule has 73 valence electrons. The number of nitro benzene ring substituents is 1. The Kier molecular flexibility index (Phi) is 1.99. The van der Waals surface area contributed by atoms with E-state index in [2.05, 4.69) is 6.92 Å². The predicted molar refractivity (Wildman–Crippen MR) is 48.4 cm³/mol. The van der Waals surface area contributed by atoms with Crippen LogP contribution in [0.5, 0.6) is 11.5 Å². The van der Waals surface area contributed by atoms with Gasteiger partial charge in [-0.25, -0.2) is 0 Å². The van der Waals surface area contributed by atoms with Crippen LogP contribution in [0.25, 0.3) is 0 Å². The summed E-state index contributed by atoms with van der Waals surface area (Å²) in [5.74, 6) is 0.904. The molecule has 14 heavy (non-hydrogen) atoms. The molecule has 0 saturated heterocycles. The molecule has 1 heterocycles. The summed E-state index contributed by atoms with van der Waals surface area (Å²) in [6.07, 6.45) is -0.315. The highest BCUT2D eigenvalue weighted by Crippen LogP contribution is 2.34. The fraction of sp³-hybridized carbons (Fsp3) is 0.222. The topological polar surface area (TPSA) is 61.6 Å². The second-order valence-electron chi connectivity index (χ2n) is 2.94. The van der Waals surface area contributed by atoms with Crippen molar-refractivity contribution in [2.24, 2.45) is 0 Å². The largest absolute Gasteiger partial charge is 0.486 e. The number of non-ortho nitro benzene ring substituents is 1. The number of nitrogens with zero attached hydrogens (tertiary/aromatic N) is 1. The lowest BCUT2D eigenvalue weighted by molar-refractivity contribution is -0.385. The molecule has 0 bridgehead atoms. The zero-order valence-corrected chi connectivity index (χ0v) is 7.30. The Morgan fingerprint density at radius 1 is 1.50 bits per heavy atom.